The van der Waals surface area contributed by atoms with Crippen LogP contribution in [0.3, 0.4) is 0 Å². The quantitative estimate of drug-likeness (QED) is 0.800. The van der Waals surface area contributed by atoms with Crippen molar-refractivity contribution in [1.29, 1.82) is 0 Å². The summed E-state index contributed by atoms with van der Waals surface area (Å²) < 4.78 is 0. The largest absolute Gasteiger partial charge is 0.394 e. The first-order valence-electron chi connectivity index (χ1n) is 6.60. The molecule has 0 radical (unpaired) electrons. The predicted octanol–water partition coefficient (Wildman–Crippen LogP) is 2.45. The lowest BCUT2D eigenvalue weighted by Crippen LogP contribution is -2.40. The minimum atomic E-state index is -0.198. The number of carbonyl (C=O) groups is 1. The van der Waals surface area contributed by atoms with E-state index in [-0.39, 0.29) is 24.5 Å². The molecule has 1 amide bonds. The van der Waals surface area contributed by atoms with Gasteiger partial charge in [-0.2, -0.15) is 0 Å². The van der Waals surface area contributed by atoms with Crippen molar-refractivity contribution < 1.29 is 9.90 Å². The summed E-state index contributed by atoms with van der Waals surface area (Å²) in [6.45, 7) is 7.96. The highest BCUT2D eigenvalue weighted by Gasteiger charge is 2.13. The van der Waals surface area contributed by atoms with E-state index in [2.05, 4.69) is 11.4 Å². The molecule has 0 aliphatic carbocycles. The van der Waals surface area contributed by atoms with Crippen molar-refractivity contribution in [1.82, 2.24) is 5.32 Å². The van der Waals surface area contributed by atoms with Gasteiger partial charge in [-0.3, -0.25) is 4.79 Å². The highest BCUT2D eigenvalue weighted by molar-refractivity contribution is 5.92. The maximum Gasteiger partial charge on any atom is 0.244 e. The Balaban J connectivity index is 2.68. The number of aryl methyl sites for hydroxylation is 2. The van der Waals surface area contributed by atoms with Gasteiger partial charge >= 0.3 is 0 Å². The summed E-state index contributed by atoms with van der Waals surface area (Å²) in [7, 11) is 0. The molecule has 0 heterocycles. The number of carbonyl (C=O) groups excluding carboxylic acids is 1. The number of benzene rings is 1. The van der Waals surface area contributed by atoms with Gasteiger partial charge < -0.3 is 10.4 Å². The van der Waals surface area contributed by atoms with Crippen LogP contribution in [0.1, 0.15) is 30.5 Å². The second kappa shape index (κ2) is 7.10. The Hall–Kier alpha value is -1.61. The normalized spacial score (nSPS) is 12.9. The lowest BCUT2D eigenvalue weighted by Gasteiger charge is -2.18. The van der Waals surface area contributed by atoms with Crippen LogP contribution in [0.2, 0.25) is 0 Å². The molecule has 1 rings (SSSR count). The van der Waals surface area contributed by atoms with Gasteiger partial charge in [0.2, 0.25) is 5.91 Å². The molecular formula is C16H23NO2. The third-order valence-electron chi connectivity index (χ3n) is 3.17. The fourth-order valence-corrected chi connectivity index (χ4v) is 1.83. The molecule has 0 bridgehead atoms. The molecular weight excluding hydrogens is 238 g/mol. The van der Waals surface area contributed by atoms with Crippen LogP contribution in [0.15, 0.2) is 24.3 Å². The molecule has 1 atom stereocenters. The summed E-state index contributed by atoms with van der Waals surface area (Å²) in [5.41, 5.74) is 3.39. The molecule has 19 heavy (non-hydrogen) atoms. The summed E-state index contributed by atoms with van der Waals surface area (Å²) in [5.74, 6) is 0.0381. The first-order chi connectivity index (χ1) is 8.93. The Morgan fingerprint density at radius 2 is 2.05 bits per heavy atom. The van der Waals surface area contributed by atoms with Crippen molar-refractivity contribution in [3.05, 3.63) is 41.0 Å². The molecule has 0 aliphatic rings. The minimum absolute atomic E-state index is 0.0409. The number of aliphatic hydroxyl groups is 1. The maximum atomic E-state index is 11.8. The number of aliphatic hydroxyl groups excluding tert-OH is 1. The van der Waals surface area contributed by atoms with Crippen molar-refractivity contribution in [2.45, 2.75) is 33.7 Å². The summed E-state index contributed by atoms with van der Waals surface area (Å²) in [5, 5.41) is 12.0. The molecule has 0 fully saturated rings. The second-order valence-electron chi connectivity index (χ2n) is 5.24. The molecule has 0 saturated heterocycles. The number of hydrogen-bond acceptors (Lipinski definition) is 2. The van der Waals surface area contributed by atoms with Gasteiger partial charge in [0.15, 0.2) is 0 Å². The molecule has 0 spiro atoms. The highest BCUT2D eigenvalue weighted by Crippen LogP contribution is 2.12. The van der Waals surface area contributed by atoms with Crippen molar-refractivity contribution in [2.75, 3.05) is 6.61 Å². The average Bonchev–Trinajstić information content (AvgIpc) is 2.34. The molecule has 0 saturated carbocycles. The molecule has 0 aromatic heterocycles. The number of nitrogens with one attached hydrogen (secondary N) is 1. The third kappa shape index (κ3) is 4.87. The molecule has 3 heteroatoms. The maximum absolute atomic E-state index is 11.8. The van der Waals surface area contributed by atoms with E-state index in [0.717, 1.165) is 11.1 Å². The molecule has 1 aromatic carbocycles. The van der Waals surface area contributed by atoms with Gasteiger partial charge in [-0.15, -0.1) is 0 Å². The van der Waals surface area contributed by atoms with E-state index in [4.69, 9.17) is 5.11 Å². The topological polar surface area (TPSA) is 49.3 Å². The Bertz CT molecular complexity index is 464. The van der Waals surface area contributed by atoms with E-state index in [1.165, 1.54) is 11.6 Å². The van der Waals surface area contributed by atoms with Gasteiger partial charge in [-0.25, -0.2) is 0 Å². The minimum Gasteiger partial charge on any atom is -0.394 e. The number of hydrogen-bond donors (Lipinski definition) is 2. The average molecular weight is 261 g/mol. The van der Waals surface area contributed by atoms with Crippen molar-refractivity contribution in [3.8, 4) is 0 Å². The van der Waals surface area contributed by atoms with Gasteiger partial charge in [-0.05, 0) is 37.0 Å². The number of rotatable bonds is 5. The van der Waals surface area contributed by atoms with Crippen LogP contribution in [-0.2, 0) is 4.79 Å². The first kappa shape index (κ1) is 15.4. The lowest BCUT2D eigenvalue weighted by atomic mass is 10.0. The van der Waals surface area contributed by atoms with E-state index in [1.54, 1.807) is 6.08 Å². The summed E-state index contributed by atoms with van der Waals surface area (Å²) in [6.07, 6.45) is 3.32. The van der Waals surface area contributed by atoms with Crippen molar-refractivity contribution in [3.63, 3.8) is 0 Å². The van der Waals surface area contributed by atoms with Gasteiger partial charge in [0.1, 0.15) is 0 Å². The Morgan fingerprint density at radius 1 is 1.37 bits per heavy atom. The smallest absolute Gasteiger partial charge is 0.244 e. The van der Waals surface area contributed by atoms with Gasteiger partial charge in [0.25, 0.3) is 0 Å². The van der Waals surface area contributed by atoms with Gasteiger partial charge in [0.05, 0.1) is 12.6 Å². The van der Waals surface area contributed by atoms with Crippen LogP contribution in [0.5, 0.6) is 0 Å². The monoisotopic (exact) mass is 261 g/mol. The second-order valence-corrected chi connectivity index (χ2v) is 5.24. The Labute approximate surface area is 115 Å². The van der Waals surface area contributed by atoms with Crippen LogP contribution in [0.25, 0.3) is 6.08 Å². The van der Waals surface area contributed by atoms with E-state index in [1.807, 2.05) is 39.8 Å². The zero-order chi connectivity index (χ0) is 14.4. The van der Waals surface area contributed by atoms with E-state index >= 15 is 0 Å². The summed E-state index contributed by atoms with van der Waals surface area (Å²) >= 11 is 0. The molecule has 2 N–H and O–H groups in total. The standard InChI is InChI=1S/C16H23NO2/c1-11(2)15(10-18)17-16(19)8-7-14-6-5-12(3)9-13(14)4/h5-9,11,15,18H,10H2,1-4H3,(H,17,19). The van der Waals surface area contributed by atoms with Gasteiger partial charge in [0, 0.05) is 6.08 Å². The van der Waals surface area contributed by atoms with E-state index in [0.29, 0.717) is 0 Å². The van der Waals surface area contributed by atoms with Crippen molar-refractivity contribution >= 4 is 12.0 Å². The molecule has 1 unspecified atom stereocenters. The number of amides is 1. The van der Waals surface area contributed by atoms with Crippen LogP contribution in [-0.4, -0.2) is 23.7 Å². The zero-order valence-corrected chi connectivity index (χ0v) is 12.1. The van der Waals surface area contributed by atoms with Crippen LogP contribution in [0, 0.1) is 19.8 Å². The Kier molecular flexibility index (Phi) is 5.77. The van der Waals surface area contributed by atoms with E-state index in [9.17, 15) is 4.79 Å². The molecule has 104 valence electrons. The van der Waals surface area contributed by atoms with Crippen LogP contribution >= 0.6 is 0 Å². The third-order valence-corrected chi connectivity index (χ3v) is 3.17. The predicted molar refractivity (Wildman–Crippen MR) is 78.8 cm³/mol. The molecule has 3 nitrogen and oxygen atoms in total. The lowest BCUT2D eigenvalue weighted by molar-refractivity contribution is -0.117. The van der Waals surface area contributed by atoms with Crippen molar-refractivity contribution in [2.24, 2.45) is 5.92 Å². The Morgan fingerprint density at radius 3 is 2.58 bits per heavy atom. The summed E-state index contributed by atoms with van der Waals surface area (Å²) in [6, 6.07) is 5.91. The van der Waals surface area contributed by atoms with Crippen LogP contribution < -0.4 is 5.32 Å². The highest BCUT2D eigenvalue weighted by atomic mass is 16.3. The fraction of sp³-hybridized carbons (Fsp3) is 0.438. The molecule has 0 aliphatic heterocycles. The van der Waals surface area contributed by atoms with E-state index < -0.39 is 0 Å². The van der Waals surface area contributed by atoms with Gasteiger partial charge in [-0.1, -0.05) is 37.6 Å². The first-order valence-corrected chi connectivity index (χ1v) is 6.60. The molecule has 1 aromatic rings. The zero-order valence-electron chi connectivity index (χ0n) is 12.1. The summed E-state index contributed by atoms with van der Waals surface area (Å²) in [4.78, 5) is 11.8. The van der Waals surface area contributed by atoms with Crippen LogP contribution in [0.4, 0.5) is 0 Å². The fourth-order valence-electron chi connectivity index (χ4n) is 1.83. The SMILES string of the molecule is Cc1ccc(C=CC(=O)NC(CO)C(C)C)c(C)c1.